The van der Waals surface area contributed by atoms with Gasteiger partial charge in [0.05, 0.1) is 12.0 Å². The molecule has 0 aromatic heterocycles. The molecule has 70 valence electrons. The Labute approximate surface area is 78.9 Å². The Kier molecular flexibility index (Phi) is 1.73. The molecule has 3 atom stereocenters. The van der Waals surface area contributed by atoms with Gasteiger partial charge in [-0.15, -0.1) is 0 Å². The van der Waals surface area contributed by atoms with E-state index in [1.165, 1.54) is 0 Å². The van der Waals surface area contributed by atoms with E-state index in [0.29, 0.717) is 18.1 Å². The van der Waals surface area contributed by atoms with E-state index in [1.54, 1.807) is 0 Å². The minimum Gasteiger partial charge on any atom is -0.299 e. The van der Waals surface area contributed by atoms with E-state index in [9.17, 15) is 4.79 Å². The van der Waals surface area contributed by atoms with Crippen LogP contribution in [0.15, 0.2) is 0 Å². The highest BCUT2D eigenvalue weighted by molar-refractivity contribution is 5.84. The fourth-order valence-electron chi connectivity index (χ4n) is 2.95. The molecular formula is C11H15NO. The molecule has 0 amide bonds. The lowest BCUT2D eigenvalue weighted by Gasteiger charge is -2.48. The normalized spacial score (nSPS) is 41.6. The first kappa shape index (κ1) is 8.74. The van der Waals surface area contributed by atoms with Crippen LogP contribution in [0.4, 0.5) is 0 Å². The van der Waals surface area contributed by atoms with Crippen molar-refractivity contribution < 1.29 is 4.79 Å². The van der Waals surface area contributed by atoms with Crippen molar-refractivity contribution >= 4 is 5.78 Å². The number of carbonyl (C=O) groups excluding carboxylic acids is 1. The number of carbonyl (C=O) groups is 1. The quantitative estimate of drug-likeness (QED) is 0.569. The van der Waals surface area contributed by atoms with Crippen molar-refractivity contribution in [2.75, 3.05) is 0 Å². The molecule has 2 rings (SSSR count). The predicted octanol–water partition coefficient (Wildman–Crippen LogP) is 2.15. The van der Waals surface area contributed by atoms with E-state index in [2.05, 4.69) is 19.9 Å². The van der Waals surface area contributed by atoms with Gasteiger partial charge in [0.15, 0.2) is 0 Å². The van der Waals surface area contributed by atoms with Crippen LogP contribution in [0, 0.1) is 34.5 Å². The Hall–Kier alpha value is -0.840. The zero-order valence-corrected chi connectivity index (χ0v) is 8.21. The number of rotatable bonds is 0. The summed E-state index contributed by atoms with van der Waals surface area (Å²) < 4.78 is 0. The zero-order chi connectivity index (χ0) is 9.64. The van der Waals surface area contributed by atoms with Gasteiger partial charge in [0, 0.05) is 12.3 Å². The lowest BCUT2D eigenvalue weighted by Crippen LogP contribution is -2.48. The molecule has 2 aliphatic carbocycles. The molecule has 0 aromatic rings. The lowest BCUT2D eigenvalue weighted by molar-refractivity contribution is -0.139. The molecule has 13 heavy (non-hydrogen) atoms. The van der Waals surface area contributed by atoms with Crippen LogP contribution in [0.1, 0.15) is 33.1 Å². The number of nitrogens with zero attached hydrogens (tertiary/aromatic N) is 1. The predicted molar refractivity (Wildman–Crippen MR) is 48.7 cm³/mol. The average Bonchev–Trinajstić information content (AvgIpc) is 1.93. The van der Waals surface area contributed by atoms with Crippen molar-refractivity contribution in [3.8, 4) is 6.07 Å². The molecule has 0 unspecified atom stereocenters. The molecule has 0 aromatic carbocycles. The van der Waals surface area contributed by atoms with Gasteiger partial charge in [0.25, 0.3) is 0 Å². The monoisotopic (exact) mass is 177 g/mol. The van der Waals surface area contributed by atoms with Gasteiger partial charge in [-0.3, -0.25) is 4.79 Å². The summed E-state index contributed by atoms with van der Waals surface area (Å²) in [5.41, 5.74) is 0.179. The minimum absolute atomic E-state index is 0.0357. The Morgan fingerprint density at radius 2 is 2.23 bits per heavy atom. The first-order valence-electron chi connectivity index (χ1n) is 4.96. The Morgan fingerprint density at radius 1 is 1.54 bits per heavy atom. The maximum atomic E-state index is 11.7. The second-order valence-electron chi connectivity index (χ2n) is 5.27. The molecule has 2 saturated carbocycles. The largest absolute Gasteiger partial charge is 0.299 e. The second-order valence-corrected chi connectivity index (χ2v) is 5.27. The van der Waals surface area contributed by atoms with Crippen LogP contribution in [-0.2, 0) is 4.79 Å². The molecule has 0 radical (unpaired) electrons. The molecule has 0 saturated heterocycles. The van der Waals surface area contributed by atoms with Gasteiger partial charge < -0.3 is 0 Å². The van der Waals surface area contributed by atoms with E-state index < -0.39 is 0 Å². The molecule has 2 nitrogen and oxygen atoms in total. The number of nitriles is 1. The van der Waals surface area contributed by atoms with Gasteiger partial charge >= 0.3 is 0 Å². The summed E-state index contributed by atoms with van der Waals surface area (Å²) in [4.78, 5) is 11.7. The molecule has 0 bridgehead atoms. The summed E-state index contributed by atoms with van der Waals surface area (Å²) >= 11 is 0. The lowest BCUT2D eigenvalue weighted by atomic mass is 9.53. The maximum absolute atomic E-state index is 11.7. The van der Waals surface area contributed by atoms with E-state index in [1.807, 2.05) is 0 Å². The second kappa shape index (κ2) is 2.57. The van der Waals surface area contributed by atoms with Crippen molar-refractivity contribution in [2.24, 2.45) is 23.2 Å². The van der Waals surface area contributed by atoms with Crippen LogP contribution in [0.5, 0.6) is 0 Å². The topological polar surface area (TPSA) is 40.9 Å². The van der Waals surface area contributed by atoms with Crippen LogP contribution in [-0.4, -0.2) is 5.78 Å². The molecule has 0 aliphatic heterocycles. The van der Waals surface area contributed by atoms with Gasteiger partial charge in [0.1, 0.15) is 5.78 Å². The highest BCUT2D eigenvalue weighted by Crippen LogP contribution is 2.52. The Morgan fingerprint density at radius 3 is 2.77 bits per heavy atom. The summed E-state index contributed by atoms with van der Waals surface area (Å²) in [6.07, 6.45) is 2.75. The van der Waals surface area contributed by atoms with Gasteiger partial charge in [0.2, 0.25) is 0 Å². The van der Waals surface area contributed by atoms with Crippen molar-refractivity contribution in [1.82, 2.24) is 0 Å². The van der Waals surface area contributed by atoms with Gasteiger partial charge in [-0.25, -0.2) is 0 Å². The molecule has 2 aliphatic rings. The number of hydrogen-bond acceptors (Lipinski definition) is 2. The van der Waals surface area contributed by atoms with Crippen molar-refractivity contribution in [1.29, 1.82) is 5.26 Å². The van der Waals surface area contributed by atoms with Crippen LogP contribution < -0.4 is 0 Å². The Balaban J connectivity index is 2.13. The minimum atomic E-state index is 0.0357. The van der Waals surface area contributed by atoms with Crippen molar-refractivity contribution in [2.45, 2.75) is 33.1 Å². The smallest absolute Gasteiger partial charge is 0.138 e. The molecule has 0 spiro atoms. The molecule has 0 heterocycles. The highest BCUT2D eigenvalue weighted by atomic mass is 16.1. The van der Waals surface area contributed by atoms with Crippen LogP contribution in [0.25, 0.3) is 0 Å². The maximum Gasteiger partial charge on any atom is 0.138 e. The molecular weight excluding hydrogens is 162 g/mol. The summed E-state index contributed by atoms with van der Waals surface area (Å²) in [7, 11) is 0. The fourth-order valence-corrected chi connectivity index (χ4v) is 2.95. The summed E-state index contributed by atoms with van der Waals surface area (Å²) in [5, 5.41) is 8.77. The van der Waals surface area contributed by atoms with Gasteiger partial charge in [-0.2, -0.15) is 5.26 Å². The number of ketones is 1. The van der Waals surface area contributed by atoms with E-state index in [4.69, 9.17) is 5.26 Å². The standard InChI is InChI=1S/C11H15NO/c1-11(2)4-7-3-8(6-12)10(7)9(13)5-11/h7-8,10H,3-5H2,1-2H3/t7-,8-,10+/m1/s1. The third kappa shape index (κ3) is 1.27. The molecule has 2 fully saturated rings. The number of fused-ring (bicyclic) bond motifs is 1. The number of Topliss-reactive ketones (excluding diaryl/α,β-unsaturated/α-hetero) is 1. The van der Waals surface area contributed by atoms with E-state index in [0.717, 1.165) is 12.8 Å². The van der Waals surface area contributed by atoms with Crippen LogP contribution >= 0.6 is 0 Å². The van der Waals surface area contributed by atoms with Crippen molar-refractivity contribution in [3.05, 3.63) is 0 Å². The highest BCUT2D eigenvalue weighted by Gasteiger charge is 2.51. The van der Waals surface area contributed by atoms with Gasteiger partial charge in [-0.05, 0) is 24.2 Å². The van der Waals surface area contributed by atoms with Crippen LogP contribution in [0.3, 0.4) is 0 Å². The summed E-state index contributed by atoms with van der Waals surface area (Å²) in [5.74, 6) is 0.978. The fraction of sp³-hybridized carbons (Fsp3) is 0.818. The first-order chi connectivity index (χ1) is 6.03. The summed E-state index contributed by atoms with van der Waals surface area (Å²) in [6, 6.07) is 2.24. The SMILES string of the molecule is CC1(C)CC(=O)[C@H]2[C@H](C[C@@H]2C#N)C1. The number of hydrogen-bond donors (Lipinski definition) is 0. The van der Waals surface area contributed by atoms with E-state index in [-0.39, 0.29) is 17.3 Å². The third-order valence-electron chi connectivity index (χ3n) is 3.50. The van der Waals surface area contributed by atoms with E-state index >= 15 is 0 Å². The third-order valence-corrected chi connectivity index (χ3v) is 3.50. The van der Waals surface area contributed by atoms with Crippen LogP contribution in [0.2, 0.25) is 0 Å². The Bertz CT molecular complexity index is 287. The van der Waals surface area contributed by atoms with Crippen molar-refractivity contribution in [3.63, 3.8) is 0 Å². The average molecular weight is 177 g/mol. The van der Waals surface area contributed by atoms with Gasteiger partial charge in [-0.1, -0.05) is 13.8 Å². The summed E-state index contributed by atoms with van der Waals surface area (Å²) in [6.45, 7) is 4.31. The molecule has 2 heteroatoms. The zero-order valence-electron chi connectivity index (χ0n) is 8.21. The first-order valence-corrected chi connectivity index (χ1v) is 4.96. The molecule has 0 N–H and O–H groups in total.